The lowest BCUT2D eigenvalue weighted by atomic mass is 9.86. The monoisotopic (exact) mass is 352 g/mol. The van der Waals surface area contributed by atoms with E-state index < -0.39 is 0 Å². The second-order valence-electron chi connectivity index (χ2n) is 8.23. The number of hydrogen-bond acceptors (Lipinski definition) is 1. The molecule has 0 amide bonds. The van der Waals surface area contributed by atoms with Crippen LogP contribution in [0.3, 0.4) is 0 Å². The van der Waals surface area contributed by atoms with E-state index in [-0.39, 0.29) is 0 Å². The van der Waals surface area contributed by atoms with Crippen LogP contribution < -0.4 is 0 Å². The van der Waals surface area contributed by atoms with Crippen LogP contribution in [-0.2, 0) is 4.79 Å². The van der Waals surface area contributed by atoms with Gasteiger partial charge in [0, 0.05) is 5.92 Å². The summed E-state index contributed by atoms with van der Waals surface area (Å²) in [5.74, 6) is 1.09. The Balaban J connectivity index is 3.47. The second-order valence-corrected chi connectivity index (χ2v) is 8.23. The van der Waals surface area contributed by atoms with E-state index in [0.29, 0.717) is 5.92 Å². The first-order valence-electron chi connectivity index (χ1n) is 11.7. The van der Waals surface area contributed by atoms with Crippen LogP contribution in [0.1, 0.15) is 136 Å². The fourth-order valence-electron chi connectivity index (χ4n) is 3.90. The lowest BCUT2D eigenvalue weighted by molar-refractivity contribution is -0.111. The number of aldehydes is 1. The van der Waals surface area contributed by atoms with E-state index in [2.05, 4.69) is 20.8 Å². The quantitative estimate of drug-likeness (QED) is 0.158. The van der Waals surface area contributed by atoms with Crippen molar-refractivity contribution in [2.75, 3.05) is 0 Å². The molecule has 2 unspecified atom stereocenters. The lowest BCUT2D eigenvalue weighted by Gasteiger charge is -2.18. The largest absolute Gasteiger partial charge is 0.303 e. The van der Waals surface area contributed by atoms with Crippen molar-refractivity contribution >= 4 is 6.29 Å². The molecular formula is C24H48O. The summed E-state index contributed by atoms with van der Waals surface area (Å²) >= 11 is 0. The average molecular weight is 353 g/mol. The zero-order valence-corrected chi connectivity index (χ0v) is 17.9. The molecule has 0 aromatic carbocycles. The molecule has 150 valence electrons. The SMILES string of the molecule is CCCCCCCCCCCCCCC(C=O)CC(CC)CCCC. The van der Waals surface area contributed by atoms with E-state index in [0.717, 1.165) is 18.8 Å². The Hall–Kier alpha value is -0.330. The normalized spacial score (nSPS) is 13.7. The minimum absolute atomic E-state index is 0.324. The van der Waals surface area contributed by atoms with Crippen molar-refractivity contribution < 1.29 is 4.79 Å². The first-order valence-corrected chi connectivity index (χ1v) is 11.7. The molecule has 0 aromatic heterocycles. The number of hydrogen-bond donors (Lipinski definition) is 0. The van der Waals surface area contributed by atoms with Gasteiger partial charge in [-0.25, -0.2) is 0 Å². The molecule has 1 nitrogen and oxygen atoms in total. The Labute approximate surface area is 159 Å². The minimum Gasteiger partial charge on any atom is -0.303 e. The van der Waals surface area contributed by atoms with Crippen LogP contribution >= 0.6 is 0 Å². The van der Waals surface area contributed by atoms with E-state index >= 15 is 0 Å². The minimum atomic E-state index is 0.324. The summed E-state index contributed by atoms with van der Waals surface area (Å²) in [7, 11) is 0. The standard InChI is InChI=1S/C24H48O/c1-4-7-9-10-11-12-13-14-15-16-17-18-20-24(22-25)21-23(6-3)19-8-5-2/h22-24H,4-21H2,1-3H3. The van der Waals surface area contributed by atoms with Crippen molar-refractivity contribution in [2.24, 2.45) is 11.8 Å². The van der Waals surface area contributed by atoms with Gasteiger partial charge < -0.3 is 4.79 Å². The molecular weight excluding hydrogens is 304 g/mol. The van der Waals surface area contributed by atoms with Crippen LogP contribution in [0.2, 0.25) is 0 Å². The maximum atomic E-state index is 11.4. The average Bonchev–Trinajstić information content (AvgIpc) is 2.64. The lowest BCUT2D eigenvalue weighted by Crippen LogP contribution is -2.10. The maximum absolute atomic E-state index is 11.4. The molecule has 0 aliphatic rings. The van der Waals surface area contributed by atoms with Crippen LogP contribution in [0.25, 0.3) is 0 Å². The summed E-state index contributed by atoms with van der Waals surface area (Å²) in [5.41, 5.74) is 0. The van der Waals surface area contributed by atoms with Crippen LogP contribution in [0.5, 0.6) is 0 Å². The zero-order valence-electron chi connectivity index (χ0n) is 17.9. The molecule has 0 N–H and O–H groups in total. The summed E-state index contributed by atoms with van der Waals surface area (Å²) in [6, 6.07) is 0. The van der Waals surface area contributed by atoms with E-state index in [4.69, 9.17) is 0 Å². The first-order chi connectivity index (χ1) is 12.3. The Morgan fingerprint density at radius 3 is 1.52 bits per heavy atom. The fourth-order valence-corrected chi connectivity index (χ4v) is 3.90. The highest BCUT2D eigenvalue weighted by Gasteiger charge is 2.14. The molecule has 0 saturated carbocycles. The molecule has 25 heavy (non-hydrogen) atoms. The van der Waals surface area contributed by atoms with Crippen molar-refractivity contribution in [3.8, 4) is 0 Å². The van der Waals surface area contributed by atoms with Gasteiger partial charge >= 0.3 is 0 Å². The molecule has 0 rings (SSSR count). The smallest absolute Gasteiger partial charge is 0.123 e. The summed E-state index contributed by atoms with van der Waals surface area (Å²) in [4.78, 5) is 11.4. The van der Waals surface area contributed by atoms with Crippen LogP contribution in [0.15, 0.2) is 0 Å². The van der Waals surface area contributed by atoms with E-state index in [9.17, 15) is 4.79 Å². The highest BCUT2D eigenvalue weighted by molar-refractivity contribution is 5.53. The Morgan fingerprint density at radius 1 is 0.600 bits per heavy atom. The Morgan fingerprint density at radius 2 is 1.08 bits per heavy atom. The Bertz CT molecular complexity index is 261. The van der Waals surface area contributed by atoms with Gasteiger partial charge in [0.1, 0.15) is 6.29 Å². The summed E-state index contributed by atoms with van der Waals surface area (Å²) in [6.07, 6.45) is 25.4. The fraction of sp³-hybridized carbons (Fsp3) is 0.958. The van der Waals surface area contributed by atoms with Gasteiger partial charge in [-0.1, -0.05) is 124 Å². The molecule has 0 saturated heterocycles. The van der Waals surface area contributed by atoms with Gasteiger partial charge in [0.2, 0.25) is 0 Å². The third-order valence-corrected chi connectivity index (χ3v) is 5.80. The number of unbranched alkanes of at least 4 members (excludes halogenated alkanes) is 12. The third-order valence-electron chi connectivity index (χ3n) is 5.80. The van der Waals surface area contributed by atoms with Crippen LogP contribution in [-0.4, -0.2) is 6.29 Å². The van der Waals surface area contributed by atoms with Crippen LogP contribution in [0, 0.1) is 11.8 Å². The number of carbonyl (C=O) groups is 1. The van der Waals surface area contributed by atoms with Gasteiger partial charge in [-0.3, -0.25) is 0 Å². The van der Waals surface area contributed by atoms with E-state index in [1.54, 1.807) is 0 Å². The summed E-state index contributed by atoms with van der Waals surface area (Å²) < 4.78 is 0. The van der Waals surface area contributed by atoms with Crippen LogP contribution in [0.4, 0.5) is 0 Å². The molecule has 0 radical (unpaired) electrons. The topological polar surface area (TPSA) is 17.1 Å². The molecule has 1 heteroatoms. The van der Waals surface area contributed by atoms with Gasteiger partial charge in [0.25, 0.3) is 0 Å². The highest BCUT2D eigenvalue weighted by atomic mass is 16.1. The van der Waals surface area contributed by atoms with Crippen molar-refractivity contribution in [1.82, 2.24) is 0 Å². The molecule has 2 atom stereocenters. The van der Waals surface area contributed by atoms with Crippen molar-refractivity contribution in [3.63, 3.8) is 0 Å². The zero-order chi connectivity index (χ0) is 18.6. The molecule has 0 bridgehead atoms. The first kappa shape index (κ1) is 24.7. The van der Waals surface area contributed by atoms with E-state index in [1.165, 1.54) is 109 Å². The molecule has 0 aromatic rings. The summed E-state index contributed by atoms with van der Waals surface area (Å²) in [6.45, 7) is 6.83. The molecule has 0 heterocycles. The highest BCUT2D eigenvalue weighted by Crippen LogP contribution is 2.24. The number of rotatable bonds is 20. The second kappa shape index (κ2) is 20.0. The predicted molar refractivity (Wildman–Crippen MR) is 113 cm³/mol. The summed E-state index contributed by atoms with van der Waals surface area (Å²) in [5, 5.41) is 0. The molecule has 0 aliphatic carbocycles. The predicted octanol–water partition coefficient (Wildman–Crippen LogP) is 8.50. The molecule has 0 fully saturated rings. The van der Waals surface area contributed by atoms with Gasteiger partial charge in [-0.15, -0.1) is 0 Å². The van der Waals surface area contributed by atoms with Gasteiger partial charge in [-0.2, -0.15) is 0 Å². The Kier molecular flexibility index (Phi) is 19.7. The third kappa shape index (κ3) is 16.9. The molecule has 0 spiro atoms. The van der Waals surface area contributed by atoms with Gasteiger partial charge in [-0.05, 0) is 18.8 Å². The van der Waals surface area contributed by atoms with Gasteiger partial charge in [0.15, 0.2) is 0 Å². The van der Waals surface area contributed by atoms with Crippen molar-refractivity contribution in [1.29, 1.82) is 0 Å². The number of carbonyl (C=O) groups excluding carboxylic acids is 1. The van der Waals surface area contributed by atoms with E-state index in [1.807, 2.05) is 0 Å². The molecule has 0 aliphatic heterocycles. The van der Waals surface area contributed by atoms with Crippen molar-refractivity contribution in [2.45, 2.75) is 136 Å². The van der Waals surface area contributed by atoms with Crippen molar-refractivity contribution in [3.05, 3.63) is 0 Å². The maximum Gasteiger partial charge on any atom is 0.123 e. The van der Waals surface area contributed by atoms with Gasteiger partial charge in [0.05, 0.1) is 0 Å².